The summed E-state index contributed by atoms with van der Waals surface area (Å²) in [5, 5.41) is 3.33. The molecule has 0 radical (unpaired) electrons. The van der Waals surface area contributed by atoms with Crippen LogP contribution in [0.4, 0.5) is 0 Å². The molecule has 3 N–H and O–H groups in total. The number of nitrogens with two attached hydrogens (primary N) is 1. The normalized spacial score (nSPS) is 18.8. The molecule has 1 aliphatic heterocycles. The molecule has 0 spiro atoms. The lowest BCUT2D eigenvalue weighted by molar-refractivity contribution is -0.131. The third kappa shape index (κ3) is 5.36. The second-order valence-corrected chi connectivity index (χ2v) is 5.60. The minimum absolute atomic E-state index is 0.321. The maximum Gasteiger partial charge on any atom is 0.222 e. The van der Waals surface area contributed by atoms with E-state index < -0.39 is 0 Å². The van der Waals surface area contributed by atoms with Crippen molar-refractivity contribution < 1.29 is 4.79 Å². The van der Waals surface area contributed by atoms with Gasteiger partial charge in [-0.15, -0.1) is 0 Å². The molecule has 0 bridgehead atoms. The Balaban J connectivity index is 2.33. The highest BCUT2D eigenvalue weighted by Crippen LogP contribution is 2.21. The van der Waals surface area contributed by atoms with Gasteiger partial charge in [0.15, 0.2) is 0 Å². The molecule has 0 aromatic heterocycles. The quantitative estimate of drug-likeness (QED) is 0.750. The average molecular weight is 255 g/mol. The summed E-state index contributed by atoms with van der Waals surface area (Å²) in [6.07, 6.45) is 3.77. The number of carbonyl (C=O) groups is 1. The summed E-state index contributed by atoms with van der Waals surface area (Å²) in [6.45, 7) is 8.91. The van der Waals surface area contributed by atoms with Crippen molar-refractivity contribution in [1.82, 2.24) is 10.2 Å². The minimum atomic E-state index is 0.321. The van der Waals surface area contributed by atoms with Crippen LogP contribution in [0.5, 0.6) is 0 Å². The van der Waals surface area contributed by atoms with E-state index in [-0.39, 0.29) is 0 Å². The molecule has 0 aliphatic carbocycles. The van der Waals surface area contributed by atoms with Gasteiger partial charge in [-0.2, -0.15) is 0 Å². The molecule has 1 rings (SSSR count). The predicted molar refractivity (Wildman–Crippen MR) is 75.3 cm³/mol. The molecule has 1 saturated heterocycles. The Labute approximate surface area is 111 Å². The van der Waals surface area contributed by atoms with E-state index in [1.54, 1.807) is 0 Å². The minimum Gasteiger partial charge on any atom is -0.341 e. The van der Waals surface area contributed by atoms with Gasteiger partial charge in [-0.1, -0.05) is 13.8 Å². The third-order valence-electron chi connectivity index (χ3n) is 3.90. The molecular weight excluding hydrogens is 226 g/mol. The first-order chi connectivity index (χ1) is 8.65. The van der Waals surface area contributed by atoms with Gasteiger partial charge in [0, 0.05) is 26.1 Å². The van der Waals surface area contributed by atoms with Crippen LogP contribution in [-0.2, 0) is 4.79 Å². The summed E-state index contributed by atoms with van der Waals surface area (Å²) in [5.74, 6) is 1.53. The molecule has 1 atom stereocenters. The van der Waals surface area contributed by atoms with Crippen molar-refractivity contribution in [3.63, 3.8) is 0 Å². The first-order valence-corrected chi connectivity index (χ1v) is 7.33. The Morgan fingerprint density at radius 3 is 2.72 bits per heavy atom. The van der Waals surface area contributed by atoms with Gasteiger partial charge in [-0.25, -0.2) is 0 Å². The van der Waals surface area contributed by atoms with Gasteiger partial charge >= 0.3 is 0 Å². The smallest absolute Gasteiger partial charge is 0.222 e. The molecule has 0 aromatic rings. The Morgan fingerprint density at radius 1 is 1.28 bits per heavy atom. The van der Waals surface area contributed by atoms with Crippen molar-refractivity contribution in [2.75, 3.05) is 32.7 Å². The molecular formula is C14H29N3O. The Bertz CT molecular complexity index is 235. The van der Waals surface area contributed by atoms with Crippen molar-refractivity contribution in [3.8, 4) is 0 Å². The number of hydrogen-bond donors (Lipinski definition) is 2. The first-order valence-electron chi connectivity index (χ1n) is 7.33. The van der Waals surface area contributed by atoms with Crippen LogP contribution < -0.4 is 11.1 Å². The largest absolute Gasteiger partial charge is 0.341 e. The van der Waals surface area contributed by atoms with E-state index in [1.807, 2.05) is 4.90 Å². The van der Waals surface area contributed by atoms with Crippen LogP contribution in [0, 0.1) is 11.8 Å². The van der Waals surface area contributed by atoms with Crippen LogP contribution in [0.15, 0.2) is 0 Å². The zero-order valence-electron chi connectivity index (χ0n) is 12.0. The lowest BCUT2D eigenvalue weighted by atomic mass is 9.88. The van der Waals surface area contributed by atoms with E-state index in [0.717, 1.165) is 52.0 Å². The molecule has 1 aliphatic rings. The molecule has 0 aromatic carbocycles. The second-order valence-electron chi connectivity index (χ2n) is 5.60. The van der Waals surface area contributed by atoms with Gasteiger partial charge in [-0.3, -0.25) is 4.79 Å². The van der Waals surface area contributed by atoms with Crippen LogP contribution in [0.2, 0.25) is 0 Å². The summed E-state index contributed by atoms with van der Waals surface area (Å²) in [7, 11) is 0. The maximum atomic E-state index is 12.1. The lowest BCUT2D eigenvalue weighted by Crippen LogP contribution is -2.34. The van der Waals surface area contributed by atoms with E-state index in [1.165, 1.54) is 0 Å². The Hall–Kier alpha value is -0.610. The first kappa shape index (κ1) is 15.4. The molecule has 1 fully saturated rings. The lowest BCUT2D eigenvalue weighted by Gasteiger charge is -2.23. The molecule has 1 unspecified atom stereocenters. The summed E-state index contributed by atoms with van der Waals surface area (Å²) in [6, 6.07) is 0. The molecule has 1 amide bonds. The molecule has 1 heterocycles. The van der Waals surface area contributed by atoms with Gasteiger partial charge in [0.2, 0.25) is 5.91 Å². The van der Waals surface area contributed by atoms with E-state index in [9.17, 15) is 4.79 Å². The summed E-state index contributed by atoms with van der Waals surface area (Å²) in [4.78, 5) is 14.2. The number of nitrogens with zero attached hydrogens (tertiary/aromatic N) is 1. The van der Waals surface area contributed by atoms with Crippen LogP contribution in [0.3, 0.4) is 0 Å². The standard InChI is InChI=1S/C14H29N3O/c1-12(2)13(6-7-15)4-5-14(18)17-10-3-8-16-9-11-17/h12-13,16H,3-11,15H2,1-2H3. The van der Waals surface area contributed by atoms with Gasteiger partial charge in [0.1, 0.15) is 0 Å². The highest BCUT2D eigenvalue weighted by atomic mass is 16.2. The van der Waals surface area contributed by atoms with Crippen molar-refractivity contribution >= 4 is 5.91 Å². The fourth-order valence-corrected chi connectivity index (χ4v) is 2.59. The Kier molecular flexibility index (Phi) is 7.28. The van der Waals surface area contributed by atoms with Gasteiger partial charge in [0.25, 0.3) is 0 Å². The fraction of sp³-hybridized carbons (Fsp3) is 0.929. The van der Waals surface area contributed by atoms with Crippen molar-refractivity contribution in [2.45, 2.75) is 39.5 Å². The highest BCUT2D eigenvalue weighted by Gasteiger charge is 2.18. The van der Waals surface area contributed by atoms with Gasteiger partial charge in [-0.05, 0) is 44.2 Å². The van der Waals surface area contributed by atoms with E-state index in [4.69, 9.17) is 5.73 Å². The summed E-state index contributed by atoms with van der Waals surface area (Å²) < 4.78 is 0. The monoisotopic (exact) mass is 255 g/mol. The number of hydrogen-bond acceptors (Lipinski definition) is 3. The topological polar surface area (TPSA) is 58.4 Å². The number of amides is 1. The highest BCUT2D eigenvalue weighted by molar-refractivity contribution is 5.76. The van der Waals surface area contributed by atoms with Crippen LogP contribution in [-0.4, -0.2) is 43.5 Å². The average Bonchev–Trinajstić information content (AvgIpc) is 2.62. The fourth-order valence-electron chi connectivity index (χ4n) is 2.59. The number of nitrogens with one attached hydrogen (secondary N) is 1. The molecule has 106 valence electrons. The zero-order chi connectivity index (χ0) is 13.4. The molecule has 18 heavy (non-hydrogen) atoms. The number of carbonyl (C=O) groups excluding carboxylic acids is 1. The molecule has 0 saturated carbocycles. The van der Waals surface area contributed by atoms with Gasteiger partial charge < -0.3 is 16.0 Å². The third-order valence-corrected chi connectivity index (χ3v) is 3.90. The molecule has 4 heteroatoms. The predicted octanol–water partition coefficient (Wildman–Crippen LogP) is 1.21. The van der Waals surface area contributed by atoms with Crippen LogP contribution in [0.1, 0.15) is 39.5 Å². The van der Waals surface area contributed by atoms with E-state index >= 15 is 0 Å². The van der Waals surface area contributed by atoms with Gasteiger partial charge in [0.05, 0.1) is 0 Å². The van der Waals surface area contributed by atoms with E-state index in [2.05, 4.69) is 19.2 Å². The van der Waals surface area contributed by atoms with Crippen LogP contribution in [0.25, 0.3) is 0 Å². The summed E-state index contributed by atoms with van der Waals surface area (Å²) >= 11 is 0. The Morgan fingerprint density at radius 2 is 2.06 bits per heavy atom. The second kappa shape index (κ2) is 8.48. The summed E-state index contributed by atoms with van der Waals surface area (Å²) in [5.41, 5.74) is 5.63. The van der Waals surface area contributed by atoms with Crippen LogP contribution >= 0.6 is 0 Å². The van der Waals surface area contributed by atoms with Crippen molar-refractivity contribution in [1.29, 1.82) is 0 Å². The van der Waals surface area contributed by atoms with Crippen molar-refractivity contribution in [2.24, 2.45) is 17.6 Å². The van der Waals surface area contributed by atoms with E-state index in [0.29, 0.717) is 24.2 Å². The molecule has 4 nitrogen and oxygen atoms in total. The number of rotatable bonds is 6. The SMILES string of the molecule is CC(C)C(CCN)CCC(=O)N1CCCNCC1. The van der Waals surface area contributed by atoms with Crippen molar-refractivity contribution in [3.05, 3.63) is 0 Å². The maximum absolute atomic E-state index is 12.1. The zero-order valence-corrected chi connectivity index (χ0v) is 12.0.